The Bertz CT molecular complexity index is 1420. The summed E-state index contributed by atoms with van der Waals surface area (Å²) >= 11 is 0.550. The minimum Gasteiger partial charge on any atom is -0.449 e. The van der Waals surface area contributed by atoms with Gasteiger partial charge >= 0.3 is 5.97 Å². The van der Waals surface area contributed by atoms with Crippen LogP contribution in [0, 0.1) is 34.5 Å². The predicted octanol–water partition coefficient (Wildman–Crippen LogP) is 5.21. The van der Waals surface area contributed by atoms with Gasteiger partial charge in [-0.3, -0.25) is 9.59 Å². The van der Waals surface area contributed by atoms with Crippen LogP contribution in [0.15, 0.2) is 42.3 Å². The lowest BCUT2D eigenvalue weighted by Gasteiger charge is -2.59. The monoisotopic (exact) mass is 569 g/mol. The van der Waals surface area contributed by atoms with Crippen LogP contribution in [-0.4, -0.2) is 48.7 Å². The van der Waals surface area contributed by atoms with Crippen LogP contribution in [0.25, 0.3) is 11.8 Å². The molecule has 2 aromatic heterocycles. The smallest absolute Gasteiger partial charge is 0.306 e. The summed E-state index contributed by atoms with van der Waals surface area (Å²) in [6.45, 7) is 5.79. The molecule has 0 aliphatic heterocycles. The number of aromatic nitrogens is 3. The molecule has 0 aromatic carbocycles. The first-order valence-electron chi connectivity index (χ1n) is 13.8. The van der Waals surface area contributed by atoms with E-state index >= 15 is 0 Å². The molecule has 0 bridgehead atoms. The number of halogens is 2. The maximum absolute atomic E-state index is 13.4. The van der Waals surface area contributed by atoms with E-state index in [9.17, 15) is 23.5 Å². The van der Waals surface area contributed by atoms with Gasteiger partial charge in [0.25, 0.3) is 0 Å². The van der Waals surface area contributed by atoms with Gasteiger partial charge in [-0.15, -0.1) is 0 Å². The highest BCUT2D eigenvalue weighted by Crippen LogP contribution is 2.67. The van der Waals surface area contributed by atoms with Gasteiger partial charge in [-0.2, -0.15) is 9.49 Å². The van der Waals surface area contributed by atoms with Crippen LogP contribution in [-0.2, 0) is 20.7 Å². The summed E-state index contributed by atoms with van der Waals surface area (Å²) < 4.78 is 34.5. The molecule has 1 N–H and O–H groups in total. The number of carbonyl (C=O) groups is 2. The number of hydrogen-bond acceptors (Lipinski definition) is 7. The molecule has 0 amide bonds. The zero-order valence-electron chi connectivity index (χ0n) is 22.8. The lowest BCUT2D eigenvalue weighted by atomic mass is 9.47. The molecule has 2 aromatic rings. The van der Waals surface area contributed by atoms with Crippen molar-refractivity contribution < 1.29 is 28.2 Å². The summed E-state index contributed by atoms with van der Waals surface area (Å²) in [5, 5.41) is 16.0. The highest BCUT2D eigenvalue weighted by Gasteiger charge is 2.70. The molecule has 6 rings (SSSR count). The maximum atomic E-state index is 13.4. The second kappa shape index (κ2) is 9.62. The number of thioether (sulfide) groups is 1. The van der Waals surface area contributed by atoms with Crippen molar-refractivity contribution in [3.05, 3.63) is 59.5 Å². The number of alkyl halides is 1. The summed E-state index contributed by atoms with van der Waals surface area (Å²) in [5.74, 6) is -1.26. The number of hydrogen-bond donors (Lipinski definition) is 1. The Morgan fingerprint density at radius 3 is 2.77 bits per heavy atom. The Labute approximate surface area is 236 Å². The van der Waals surface area contributed by atoms with Crippen molar-refractivity contribution in [2.45, 2.75) is 64.6 Å². The van der Waals surface area contributed by atoms with Crippen molar-refractivity contribution in [3.8, 4) is 5.69 Å². The number of allylic oxidation sites excluding steroid dienone is 3. The lowest BCUT2D eigenvalue weighted by molar-refractivity contribution is -0.191. The van der Waals surface area contributed by atoms with Gasteiger partial charge in [-0.1, -0.05) is 32.9 Å². The molecule has 0 saturated heterocycles. The van der Waals surface area contributed by atoms with E-state index in [1.807, 2.05) is 13.1 Å². The number of rotatable bonds is 5. The number of esters is 1. The average Bonchev–Trinajstić information content (AvgIpc) is 3.45. The lowest BCUT2D eigenvalue weighted by Crippen LogP contribution is -2.62. The Morgan fingerprint density at radius 1 is 1.27 bits per heavy atom. The minimum atomic E-state index is -1.47. The largest absolute Gasteiger partial charge is 0.449 e. The zero-order valence-corrected chi connectivity index (χ0v) is 23.6. The first-order chi connectivity index (χ1) is 19.1. The number of ether oxygens (including phenoxy) is 1. The minimum absolute atomic E-state index is 0.0289. The van der Waals surface area contributed by atoms with Gasteiger partial charge in [-0.25, -0.2) is 14.1 Å². The molecule has 2 fully saturated rings. The van der Waals surface area contributed by atoms with Crippen LogP contribution < -0.4 is 0 Å². The average molecular weight is 570 g/mol. The second-order valence-corrected chi connectivity index (χ2v) is 12.9. The molecule has 2 saturated carbocycles. The van der Waals surface area contributed by atoms with Crippen LogP contribution in [0.2, 0.25) is 0 Å². The van der Waals surface area contributed by atoms with Gasteiger partial charge in [0, 0.05) is 23.2 Å². The van der Waals surface area contributed by atoms with Crippen LogP contribution >= 0.6 is 11.8 Å². The molecule has 0 spiro atoms. The molecule has 0 radical (unpaired) electrons. The summed E-state index contributed by atoms with van der Waals surface area (Å²) in [7, 11) is 0. The molecule has 2 heterocycles. The third kappa shape index (κ3) is 3.78. The summed E-state index contributed by atoms with van der Waals surface area (Å²) in [6, 6.07) is 2.05. The fraction of sp³-hybridized carbons (Fsp3) is 0.533. The molecular formula is C30H33F2N3O4S. The molecule has 212 valence electrons. The Kier molecular flexibility index (Phi) is 6.57. The van der Waals surface area contributed by atoms with Gasteiger partial charge in [0.1, 0.15) is 6.01 Å². The van der Waals surface area contributed by atoms with Gasteiger partial charge in [0.15, 0.2) is 5.60 Å². The third-order valence-electron chi connectivity index (χ3n) is 10.2. The quantitative estimate of drug-likeness (QED) is 0.390. The van der Waals surface area contributed by atoms with Gasteiger partial charge in [0.05, 0.1) is 29.9 Å². The van der Waals surface area contributed by atoms with E-state index in [-0.39, 0.29) is 30.6 Å². The number of carbonyl (C=O) groups excluding carboxylic acids is 2. The Balaban J connectivity index is 1.39. The Morgan fingerprint density at radius 2 is 2.08 bits per heavy atom. The third-order valence-corrected chi connectivity index (χ3v) is 10.9. The molecule has 7 atom stereocenters. The Hall–Kier alpha value is -2.85. The van der Waals surface area contributed by atoms with Crippen molar-refractivity contribution in [1.82, 2.24) is 14.8 Å². The van der Waals surface area contributed by atoms with Crippen molar-refractivity contribution >= 4 is 28.9 Å². The number of nitrogens with zero attached hydrogens (tertiary/aromatic N) is 3. The molecule has 7 nitrogen and oxygen atoms in total. The molecule has 10 heteroatoms. The SMILES string of the molecule is CCC(=O)O[C@]1(C(=O)SCF)CC[C@H]2[C@@H]3C=CC4=Cc5c(cnn5-c5ccc(F)nc5)C[C@]4(C)[C@H]3[C@@H](O)C[C@@]21C. The summed E-state index contributed by atoms with van der Waals surface area (Å²) in [4.78, 5) is 29.7. The van der Waals surface area contributed by atoms with E-state index in [0.717, 1.165) is 16.8 Å². The number of pyridine rings is 1. The normalized spacial score (nSPS) is 35.7. The number of aliphatic hydroxyl groups is 1. The molecular weight excluding hydrogens is 536 g/mol. The van der Waals surface area contributed by atoms with Gasteiger partial charge < -0.3 is 9.84 Å². The van der Waals surface area contributed by atoms with Crippen LogP contribution in [0.1, 0.15) is 57.7 Å². The molecule has 0 unspecified atom stereocenters. The van der Waals surface area contributed by atoms with Crippen molar-refractivity contribution in [3.63, 3.8) is 0 Å². The summed E-state index contributed by atoms with van der Waals surface area (Å²) in [6.07, 6.45) is 10.8. The van der Waals surface area contributed by atoms with Crippen molar-refractivity contribution in [2.24, 2.45) is 28.6 Å². The number of aliphatic hydroxyl groups excluding tert-OH is 1. The van der Waals surface area contributed by atoms with Crippen molar-refractivity contribution in [1.29, 1.82) is 0 Å². The van der Waals surface area contributed by atoms with Crippen LogP contribution in [0.3, 0.4) is 0 Å². The highest BCUT2D eigenvalue weighted by atomic mass is 32.2. The maximum Gasteiger partial charge on any atom is 0.306 e. The first kappa shape index (κ1) is 27.3. The van der Waals surface area contributed by atoms with Crippen LogP contribution in [0.5, 0.6) is 0 Å². The van der Waals surface area contributed by atoms with E-state index < -0.39 is 45.6 Å². The molecule has 4 aliphatic rings. The highest BCUT2D eigenvalue weighted by molar-refractivity contribution is 8.13. The van der Waals surface area contributed by atoms with Crippen LogP contribution in [0.4, 0.5) is 8.78 Å². The van der Waals surface area contributed by atoms with Gasteiger partial charge in [0.2, 0.25) is 11.1 Å². The first-order valence-corrected chi connectivity index (χ1v) is 14.8. The fourth-order valence-corrected chi connectivity index (χ4v) is 9.01. The molecule has 4 aliphatic carbocycles. The summed E-state index contributed by atoms with van der Waals surface area (Å²) in [5.41, 5.74) is 0.963. The predicted molar refractivity (Wildman–Crippen MR) is 146 cm³/mol. The number of fused-ring (bicyclic) bond motifs is 6. The zero-order chi connectivity index (χ0) is 28.4. The second-order valence-electron chi connectivity index (χ2n) is 12.0. The van der Waals surface area contributed by atoms with E-state index in [1.165, 1.54) is 12.3 Å². The van der Waals surface area contributed by atoms with Crippen molar-refractivity contribution in [2.75, 3.05) is 6.01 Å². The fourth-order valence-electron chi connectivity index (χ4n) is 8.30. The van der Waals surface area contributed by atoms with E-state index in [0.29, 0.717) is 36.7 Å². The standard InChI is InChI=1S/C30H33F2N3O4S/c1-4-25(37)39-30(27(38)40-16-31)10-9-21-20-7-5-18-11-22-17(14-34-35(22)19-6-8-24(32)33-15-19)12-28(18,2)26(20)23(36)13-29(21,30)3/h5-8,11,14-15,20-21,23,26,36H,4,9-10,12-13,16H2,1-3H3/t20-,21-,23-,26+,28-,29-,30-/m0/s1. The van der Waals surface area contributed by atoms with E-state index in [1.54, 1.807) is 17.7 Å². The topological polar surface area (TPSA) is 94.3 Å². The van der Waals surface area contributed by atoms with Gasteiger partial charge in [-0.05, 0) is 78.6 Å². The molecule has 40 heavy (non-hydrogen) atoms. The van der Waals surface area contributed by atoms with E-state index in [4.69, 9.17) is 4.74 Å². The van der Waals surface area contributed by atoms with E-state index in [2.05, 4.69) is 35.2 Å².